The number of halogens is 1. The SMILES string of the molecule is CC.Nc1cnc(-c2cnc3ccc(F)cn23)nc1NCc1ccccn1. The molecule has 4 rings (SSSR count). The van der Waals surface area contributed by atoms with Crippen molar-refractivity contribution in [3.8, 4) is 11.5 Å². The van der Waals surface area contributed by atoms with Crippen LogP contribution in [0.25, 0.3) is 17.2 Å². The van der Waals surface area contributed by atoms with E-state index in [4.69, 9.17) is 5.73 Å². The highest BCUT2D eigenvalue weighted by molar-refractivity contribution is 5.65. The summed E-state index contributed by atoms with van der Waals surface area (Å²) in [6.07, 6.45) is 6.18. The molecule has 8 heteroatoms. The highest BCUT2D eigenvalue weighted by Crippen LogP contribution is 2.22. The van der Waals surface area contributed by atoms with E-state index < -0.39 is 0 Å². The lowest BCUT2D eigenvalue weighted by Gasteiger charge is -2.09. The standard InChI is InChI=1S/C17H14FN7.C2H6/c18-11-4-5-15-21-9-14(25(15)10-11)17-23-8-13(19)16(24-17)22-7-12-3-1-2-6-20-12;1-2/h1-6,8-10H,7,19H2,(H,22,23,24);1-2H3. The Morgan fingerprint density at radius 3 is 2.70 bits per heavy atom. The molecule has 4 aromatic rings. The number of nitrogens with one attached hydrogen (secondary N) is 1. The van der Waals surface area contributed by atoms with Crippen LogP contribution in [0.4, 0.5) is 15.9 Å². The molecule has 4 heterocycles. The fourth-order valence-electron chi connectivity index (χ4n) is 2.45. The Bertz CT molecular complexity index is 1030. The molecule has 0 aromatic carbocycles. The summed E-state index contributed by atoms with van der Waals surface area (Å²) in [4.78, 5) is 17.2. The molecule has 27 heavy (non-hydrogen) atoms. The van der Waals surface area contributed by atoms with Crippen LogP contribution in [0.15, 0.2) is 55.1 Å². The highest BCUT2D eigenvalue weighted by atomic mass is 19.1. The Balaban J connectivity index is 0.00000102. The molecular formula is C19H20FN7. The lowest BCUT2D eigenvalue weighted by atomic mass is 10.3. The van der Waals surface area contributed by atoms with Gasteiger partial charge in [0.1, 0.15) is 17.2 Å². The molecule has 0 atom stereocenters. The average molecular weight is 365 g/mol. The van der Waals surface area contributed by atoms with Crippen molar-refractivity contribution >= 4 is 17.2 Å². The third kappa shape index (κ3) is 4.00. The van der Waals surface area contributed by atoms with E-state index in [2.05, 4.69) is 25.3 Å². The van der Waals surface area contributed by atoms with Crippen molar-refractivity contribution in [2.24, 2.45) is 0 Å². The van der Waals surface area contributed by atoms with Gasteiger partial charge in [-0.3, -0.25) is 9.38 Å². The molecule has 0 fully saturated rings. The number of fused-ring (bicyclic) bond motifs is 1. The molecular weight excluding hydrogens is 345 g/mol. The lowest BCUT2D eigenvalue weighted by molar-refractivity contribution is 0.619. The van der Waals surface area contributed by atoms with E-state index in [9.17, 15) is 4.39 Å². The molecule has 7 nitrogen and oxygen atoms in total. The van der Waals surface area contributed by atoms with Gasteiger partial charge in [0, 0.05) is 12.4 Å². The van der Waals surface area contributed by atoms with Crippen LogP contribution in [0.2, 0.25) is 0 Å². The predicted molar refractivity (Wildman–Crippen MR) is 104 cm³/mol. The van der Waals surface area contributed by atoms with Gasteiger partial charge in [-0.2, -0.15) is 0 Å². The van der Waals surface area contributed by atoms with Crippen molar-refractivity contribution in [2.45, 2.75) is 20.4 Å². The third-order valence-electron chi connectivity index (χ3n) is 3.68. The van der Waals surface area contributed by atoms with Crippen molar-refractivity contribution in [2.75, 3.05) is 11.1 Å². The van der Waals surface area contributed by atoms with E-state index in [1.807, 2.05) is 32.0 Å². The maximum absolute atomic E-state index is 13.5. The van der Waals surface area contributed by atoms with E-state index in [-0.39, 0.29) is 5.82 Å². The molecule has 4 aromatic heterocycles. The number of pyridine rings is 2. The molecule has 0 aliphatic heterocycles. The average Bonchev–Trinajstić information content (AvgIpc) is 3.13. The van der Waals surface area contributed by atoms with Crippen LogP contribution >= 0.6 is 0 Å². The molecule has 0 spiro atoms. The number of hydrogen-bond acceptors (Lipinski definition) is 6. The zero-order valence-electron chi connectivity index (χ0n) is 15.1. The topological polar surface area (TPSA) is 94.0 Å². The van der Waals surface area contributed by atoms with Crippen molar-refractivity contribution in [1.82, 2.24) is 24.3 Å². The van der Waals surface area contributed by atoms with Crippen LogP contribution in [0.3, 0.4) is 0 Å². The van der Waals surface area contributed by atoms with E-state index >= 15 is 0 Å². The van der Waals surface area contributed by atoms with Crippen molar-refractivity contribution in [1.29, 1.82) is 0 Å². The molecule has 0 radical (unpaired) electrons. The number of hydrogen-bond donors (Lipinski definition) is 2. The number of nitrogens with zero attached hydrogens (tertiary/aromatic N) is 5. The summed E-state index contributed by atoms with van der Waals surface area (Å²) >= 11 is 0. The monoisotopic (exact) mass is 365 g/mol. The van der Waals surface area contributed by atoms with Crippen LogP contribution < -0.4 is 11.1 Å². The van der Waals surface area contributed by atoms with Gasteiger partial charge in [-0.1, -0.05) is 19.9 Å². The van der Waals surface area contributed by atoms with Gasteiger partial charge in [0.05, 0.1) is 30.3 Å². The maximum Gasteiger partial charge on any atom is 0.180 e. The zero-order chi connectivity index (χ0) is 19.2. The van der Waals surface area contributed by atoms with Crippen LogP contribution in [-0.2, 0) is 6.54 Å². The number of rotatable bonds is 4. The largest absolute Gasteiger partial charge is 0.394 e. The fourth-order valence-corrected chi connectivity index (χ4v) is 2.45. The van der Waals surface area contributed by atoms with Gasteiger partial charge >= 0.3 is 0 Å². The number of nitrogens with two attached hydrogens (primary N) is 1. The summed E-state index contributed by atoms with van der Waals surface area (Å²) in [5, 5.41) is 3.15. The minimum absolute atomic E-state index is 0.365. The molecule has 0 saturated carbocycles. The van der Waals surface area contributed by atoms with Gasteiger partial charge in [-0.05, 0) is 24.3 Å². The summed E-state index contributed by atoms with van der Waals surface area (Å²) in [5.74, 6) is 0.522. The molecule has 0 unspecified atom stereocenters. The third-order valence-corrected chi connectivity index (χ3v) is 3.68. The minimum atomic E-state index is -0.365. The Labute approximate surface area is 156 Å². The minimum Gasteiger partial charge on any atom is -0.394 e. The Kier molecular flexibility index (Phi) is 5.55. The van der Waals surface area contributed by atoms with E-state index in [1.54, 1.807) is 22.9 Å². The van der Waals surface area contributed by atoms with Crippen LogP contribution in [0.1, 0.15) is 19.5 Å². The molecule has 0 bridgehead atoms. The molecule has 0 saturated heterocycles. The van der Waals surface area contributed by atoms with Gasteiger partial charge in [0.15, 0.2) is 11.6 Å². The van der Waals surface area contributed by atoms with Crippen LogP contribution in [0, 0.1) is 5.82 Å². The first-order chi connectivity index (χ1) is 13.2. The highest BCUT2D eigenvalue weighted by Gasteiger charge is 2.12. The van der Waals surface area contributed by atoms with Crippen molar-refractivity contribution < 1.29 is 4.39 Å². The van der Waals surface area contributed by atoms with Crippen molar-refractivity contribution in [3.63, 3.8) is 0 Å². The summed E-state index contributed by atoms with van der Waals surface area (Å²) in [6.45, 7) is 4.48. The van der Waals surface area contributed by atoms with Gasteiger partial charge in [-0.15, -0.1) is 0 Å². The molecule has 3 N–H and O–H groups in total. The number of aromatic nitrogens is 5. The smallest absolute Gasteiger partial charge is 0.180 e. The second kappa shape index (κ2) is 8.22. The van der Waals surface area contributed by atoms with Crippen molar-refractivity contribution in [3.05, 3.63) is 66.6 Å². The van der Waals surface area contributed by atoms with Gasteiger partial charge < -0.3 is 11.1 Å². The Morgan fingerprint density at radius 2 is 1.93 bits per heavy atom. The van der Waals surface area contributed by atoms with Gasteiger partial charge in [0.25, 0.3) is 0 Å². The summed E-state index contributed by atoms with van der Waals surface area (Å²) < 4.78 is 15.1. The lowest BCUT2D eigenvalue weighted by Crippen LogP contribution is -2.07. The van der Waals surface area contributed by atoms with Crippen LogP contribution in [0.5, 0.6) is 0 Å². The molecule has 0 aliphatic carbocycles. The first-order valence-corrected chi connectivity index (χ1v) is 8.60. The summed E-state index contributed by atoms with van der Waals surface area (Å²) in [7, 11) is 0. The zero-order valence-corrected chi connectivity index (χ0v) is 15.1. The Morgan fingerprint density at radius 1 is 1.07 bits per heavy atom. The second-order valence-electron chi connectivity index (χ2n) is 5.39. The molecule has 0 amide bonds. The first-order valence-electron chi connectivity index (χ1n) is 8.60. The molecule has 138 valence electrons. The Hall–Kier alpha value is -3.55. The second-order valence-corrected chi connectivity index (χ2v) is 5.39. The quantitative estimate of drug-likeness (QED) is 0.574. The number of nitrogen functional groups attached to an aromatic ring is 1. The molecule has 0 aliphatic rings. The fraction of sp³-hybridized carbons (Fsp3) is 0.158. The van der Waals surface area contributed by atoms with Crippen LogP contribution in [-0.4, -0.2) is 24.3 Å². The first kappa shape index (κ1) is 18.2. The van der Waals surface area contributed by atoms with E-state index in [1.165, 1.54) is 18.5 Å². The van der Waals surface area contributed by atoms with Gasteiger partial charge in [-0.25, -0.2) is 19.3 Å². The number of imidazole rings is 1. The maximum atomic E-state index is 13.5. The number of anilines is 2. The summed E-state index contributed by atoms with van der Waals surface area (Å²) in [6, 6.07) is 8.61. The van der Waals surface area contributed by atoms with E-state index in [0.29, 0.717) is 35.2 Å². The predicted octanol–water partition coefficient (Wildman–Crippen LogP) is 3.55. The van der Waals surface area contributed by atoms with Gasteiger partial charge in [0.2, 0.25) is 0 Å². The summed E-state index contributed by atoms with van der Waals surface area (Å²) in [5.41, 5.74) is 8.42. The normalized spacial score (nSPS) is 10.3. The van der Waals surface area contributed by atoms with E-state index in [0.717, 1.165) is 5.69 Å².